The first-order valence-corrected chi connectivity index (χ1v) is 14.7. The number of carbonyl (C=O) groups is 3. The van der Waals surface area contributed by atoms with Crippen molar-refractivity contribution < 1.29 is 23.5 Å². The first-order valence-electron chi connectivity index (χ1n) is 14.7. The van der Waals surface area contributed by atoms with E-state index in [0.717, 1.165) is 29.7 Å². The molecule has 2 aromatic carbocycles. The average molecular weight is 627 g/mol. The van der Waals surface area contributed by atoms with Crippen molar-refractivity contribution in [2.45, 2.75) is 33.5 Å². The smallest absolute Gasteiger partial charge is 0.295 e. The number of hydrogen-bond donors (Lipinski definition) is 4. The maximum atomic E-state index is 13.3. The molecule has 15 nitrogen and oxygen atoms in total. The molecule has 0 unspecified atom stereocenters. The van der Waals surface area contributed by atoms with Crippen molar-refractivity contribution in [3.63, 3.8) is 0 Å². The number of hydrogen-bond acceptors (Lipinski definition) is 10. The summed E-state index contributed by atoms with van der Waals surface area (Å²) in [5.74, 6) is -0.631. The third-order valence-corrected chi connectivity index (χ3v) is 7.84. The minimum Gasteiger partial charge on any atom is -0.436 e. The van der Waals surface area contributed by atoms with Crippen LogP contribution in [0.15, 0.2) is 46.9 Å². The van der Waals surface area contributed by atoms with Crippen molar-refractivity contribution in [1.29, 1.82) is 0 Å². The number of fused-ring (bicyclic) bond motifs is 2. The number of imidazole rings is 2. The molecule has 5 aromatic rings. The maximum absolute atomic E-state index is 13.3. The zero-order chi connectivity index (χ0) is 32.5. The average Bonchev–Trinajstić information content (AvgIpc) is 3.66. The number of aromatic nitrogens is 5. The fourth-order valence-corrected chi connectivity index (χ4v) is 5.64. The van der Waals surface area contributed by atoms with Gasteiger partial charge in [0, 0.05) is 50.8 Å². The standard InChI is InChI=1S/C31H34N10O5/c1-17-26(46-18(2)35-17)29(44)38-31-37-23-15-20(28(33)43)13-21(16-39-9-11-45-12-10-39)25(23)41(31)8-4-3-7-40-24-6-5-19(27(32)42)14-22(24)36-30(40)34/h3-6,13-15H,7-12,16H2,1-2H3,(H2,32,42)(H2,33,43)(H2,34,36)(H,37,38,44)/b4-3+. The van der Waals surface area contributed by atoms with Crippen LogP contribution in [0.2, 0.25) is 0 Å². The molecule has 0 spiro atoms. The van der Waals surface area contributed by atoms with Gasteiger partial charge in [0.05, 0.1) is 41.0 Å². The SMILES string of the molecule is Cc1nc(C)c(C(=O)Nc2nc3cc(C(N)=O)cc(CN4CCOCC4)c3n2C/C=C/Cn2c(N)nc3cc(C(N)=O)ccc32)o1. The Kier molecular flexibility index (Phi) is 8.25. The minimum absolute atomic E-state index is 0.0833. The van der Waals surface area contributed by atoms with Gasteiger partial charge in [0.15, 0.2) is 5.89 Å². The van der Waals surface area contributed by atoms with Gasteiger partial charge < -0.3 is 35.5 Å². The number of anilines is 2. The van der Waals surface area contributed by atoms with Gasteiger partial charge in [-0.15, -0.1) is 0 Å². The van der Waals surface area contributed by atoms with Gasteiger partial charge in [0.2, 0.25) is 29.5 Å². The second kappa shape index (κ2) is 12.5. The summed E-state index contributed by atoms with van der Waals surface area (Å²) in [7, 11) is 0. The molecule has 46 heavy (non-hydrogen) atoms. The molecule has 4 heterocycles. The van der Waals surface area contributed by atoms with E-state index < -0.39 is 17.7 Å². The fraction of sp³-hybridized carbons (Fsp3) is 0.290. The molecule has 1 fully saturated rings. The Morgan fingerprint density at radius 2 is 1.61 bits per heavy atom. The van der Waals surface area contributed by atoms with E-state index >= 15 is 0 Å². The Hall–Kier alpha value is -5.54. The van der Waals surface area contributed by atoms with Crippen LogP contribution in [0.4, 0.5) is 11.9 Å². The molecule has 3 amide bonds. The molecule has 238 valence electrons. The first-order chi connectivity index (χ1) is 22.1. The van der Waals surface area contributed by atoms with Crippen LogP contribution in [0.5, 0.6) is 0 Å². The molecule has 0 saturated carbocycles. The Morgan fingerprint density at radius 1 is 0.913 bits per heavy atom. The van der Waals surface area contributed by atoms with Gasteiger partial charge in [-0.2, -0.15) is 0 Å². The Morgan fingerprint density at radius 3 is 2.28 bits per heavy atom. The summed E-state index contributed by atoms with van der Waals surface area (Å²) in [5, 5.41) is 2.87. The summed E-state index contributed by atoms with van der Waals surface area (Å²) in [6.45, 7) is 7.24. The van der Waals surface area contributed by atoms with Crippen LogP contribution in [-0.2, 0) is 24.4 Å². The van der Waals surface area contributed by atoms with Gasteiger partial charge >= 0.3 is 0 Å². The van der Waals surface area contributed by atoms with Crippen molar-refractivity contribution in [3.05, 3.63) is 76.5 Å². The number of benzene rings is 2. The number of nitrogens with one attached hydrogen (secondary N) is 1. The Balaban J connectivity index is 1.37. The fourth-order valence-electron chi connectivity index (χ4n) is 5.64. The van der Waals surface area contributed by atoms with Crippen molar-refractivity contribution in [1.82, 2.24) is 29.0 Å². The van der Waals surface area contributed by atoms with Crippen LogP contribution in [0.3, 0.4) is 0 Å². The van der Waals surface area contributed by atoms with Crippen LogP contribution in [-0.4, -0.2) is 73.0 Å². The lowest BCUT2D eigenvalue weighted by Gasteiger charge is -2.27. The number of aryl methyl sites for hydroxylation is 2. The predicted molar refractivity (Wildman–Crippen MR) is 170 cm³/mol. The Bertz CT molecular complexity index is 2010. The molecular formula is C31H34N10O5. The van der Waals surface area contributed by atoms with Crippen molar-refractivity contribution >= 4 is 51.7 Å². The monoisotopic (exact) mass is 626 g/mol. The van der Waals surface area contributed by atoms with Gasteiger partial charge in [0.25, 0.3) is 5.91 Å². The highest BCUT2D eigenvalue weighted by Crippen LogP contribution is 2.28. The largest absolute Gasteiger partial charge is 0.436 e. The molecule has 1 aliphatic heterocycles. The normalized spacial score (nSPS) is 14.0. The minimum atomic E-state index is -0.578. The van der Waals surface area contributed by atoms with Crippen LogP contribution in [0.1, 0.15) is 48.4 Å². The number of nitrogens with two attached hydrogens (primary N) is 3. The third-order valence-electron chi connectivity index (χ3n) is 7.84. The molecule has 3 aromatic heterocycles. The van der Waals surface area contributed by atoms with E-state index in [1.807, 2.05) is 21.3 Å². The van der Waals surface area contributed by atoms with Crippen LogP contribution in [0, 0.1) is 13.8 Å². The van der Waals surface area contributed by atoms with Gasteiger partial charge in [-0.05, 0) is 42.8 Å². The Labute approximate surface area is 263 Å². The summed E-state index contributed by atoms with van der Waals surface area (Å²) in [5.41, 5.74) is 21.8. The predicted octanol–water partition coefficient (Wildman–Crippen LogP) is 2.11. The second-order valence-electron chi connectivity index (χ2n) is 11.0. The lowest BCUT2D eigenvalue weighted by Crippen LogP contribution is -2.35. The van der Waals surface area contributed by atoms with Gasteiger partial charge in [-0.1, -0.05) is 12.2 Å². The molecule has 1 saturated heterocycles. The number of carbonyl (C=O) groups excluding carboxylic acids is 3. The highest BCUT2D eigenvalue weighted by atomic mass is 16.5. The third kappa shape index (κ3) is 6.05. The maximum Gasteiger partial charge on any atom is 0.295 e. The van der Waals surface area contributed by atoms with E-state index in [9.17, 15) is 14.4 Å². The summed E-state index contributed by atoms with van der Waals surface area (Å²) in [4.78, 5) is 52.7. The zero-order valence-corrected chi connectivity index (χ0v) is 25.4. The quantitative estimate of drug-likeness (QED) is 0.166. The van der Waals surface area contributed by atoms with Crippen molar-refractivity contribution in [2.75, 3.05) is 37.4 Å². The van der Waals surface area contributed by atoms with Crippen molar-refractivity contribution in [3.8, 4) is 0 Å². The summed E-state index contributed by atoms with van der Waals surface area (Å²) < 4.78 is 14.7. The van der Waals surface area contributed by atoms with Crippen LogP contribution >= 0.6 is 0 Å². The van der Waals surface area contributed by atoms with Gasteiger partial charge in [-0.3, -0.25) is 24.6 Å². The number of amides is 3. The van der Waals surface area contributed by atoms with E-state index in [2.05, 4.69) is 20.2 Å². The van der Waals surface area contributed by atoms with Gasteiger partial charge in [0.1, 0.15) is 0 Å². The molecule has 15 heteroatoms. The number of nitrogens with zero attached hydrogens (tertiary/aromatic N) is 6. The van der Waals surface area contributed by atoms with Gasteiger partial charge in [-0.25, -0.2) is 15.0 Å². The number of allylic oxidation sites excluding steroid dienone is 2. The highest BCUT2D eigenvalue weighted by Gasteiger charge is 2.23. The van der Waals surface area contributed by atoms with E-state index in [1.54, 1.807) is 44.2 Å². The van der Waals surface area contributed by atoms with E-state index in [-0.39, 0.29) is 17.7 Å². The topological polar surface area (TPSA) is 215 Å². The number of oxazole rings is 1. The molecular weight excluding hydrogens is 592 g/mol. The number of rotatable bonds is 10. The molecule has 1 aliphatic rings. The second-order valence-corrected chi connectivity index (χ2v) is 11.0. The molecule has 7 N–H and O–H groups in total. The van der Waals surface area contributed by atoms with Crippen LogP contribution in [0.25, 0.3) is 22.1 Å². The molecule has 0 bridgehead atoms. The zero-order valence-electron chi connectivity index (χ0n) is 25.4. The molecule has 0 atom stereocenters. The molecule has 0 radical (unpaired) electrons. The van der Waals surface area contributed by atoms with E-state index in [0.29, 0.717) is 66.6 Å². The van der Waals surface area contributed by atoms with E-state index in [4.69, 9.17) is 31.3 Å². The van der Waals surface area contributed by atoms with Crippen LogP contribution < -0.4 is 22.5 Å². The number of primary amides is 2. The number of ether oxygens (including phenoxy) is 1. The highest BCUT2D eigenvalue weighted by molar-refractivity contribution is 6.03. The molecule has 0 aliphatic carbocycles. The summed E-state index contributed by atoms with van der Waals surface area (Å²) in [6.07, 6.45) is 3.84. The molecule has 6 rings (SSSR count). The number of morpholine rings is 1. The summed E-state index contributed by atoms with van der Waals surface area (Å²) >= 11 is 0. The van der Waals surface area contributed by atoms with Crippen molar-refractivity contribution in [2.24, 2.45) is 11.5 Å². The first kappa shape index (κ1) is 30.5. The lowest BCUT2D eigenvalue weighted by atomic mass is 10.1. The summed E-state index contributed by atoms with van der Waals surface area (Å²) in [6, 6.07) is 8.39. The lowest BCUT2D eigenvalue weighted by molar-refractivity contribution is 0.0343. The van der Waals surface area contributed by atoms with E-state index in [1.165, 1.54) is 0 Å². The number of nitrogen functional groups attached to an aromatic ring is 1.